The number of carbonyl (C=O) groups is 1. The summed E-state index contributed by atoms with van der Waals surface area (Å²) in [5.41, 5.74) is 4.17. The van der Waals surface area contributed by atoms with Crippen molar-refractivity contribution in [2.45, 2.75) is 33.1 Å². The lowest BCUT2D eigenvalue weighted by atomic mass is 9.83. The summed E-state index contributed by atoms with van der Waals surface area (Å²) in [7, 11) is 0. The van der Waals surface area contributed by atoms with E-state index in [4.69, 9.17) is 0 Å². The fourth-order valence-electron chi connectivity index (χ4n) is 2.07. The molecule has 0 amide bonds. The molecular formula is C14H16O. The van der Waals surface area contributed by atoms with E-state index in [1.807, 2.05) is 25.1 Å². The molecule has 0 spiro atoms. The lowest BCUT2D eigenvalue weighted by molar-refractivity contribution is 0.103. The van der Waals surface area contributed by atoms with Crippen LogP contribution >= 0.6 is 0 Å². The molecule has 0 unspecified atom stereocenters. The number of benzene rings is 1. The average Bonchev–Trinajstić information content (AvgIpc) is 2.41. The lowest BCUT2D eigenvalue weighted by Gasteiger charge is -2.21. The Hall–Kier alpha value is -1.37. The number of fused-ring (bicyclic) bond motifs is 1. The van der Waals surface area contributed by atoms with Crippen LogP contribution in [0.15, 0.2) is 23.8 Å². The third-order valence-corrected chi connectivity index (χ3v) is 2.88. The highest BCUT2D eigenvalue weighted by molar-refractivity contribution is 6.17. The summed E-state index contributed by atoms with van der Waals surface area (Å²) in [4.78, 5) is 11.8. The molecule has 1 aromatic rings. The maximum atomic E-state index is 11.8. The van der Waals surface area contributed by atoms with Crippen molar-refractivity contribution in [2.24, 2.45) is 0 Å². The van der Waals surface area contributed by atoms with Gasteiger partial charge in [-0.1, -0.05) is 39.0 Å². The SMILES string of the molecule is CC1=Cc2c(cccc2C(C)(C)C)C1=O. The van der Waals surface area contributed by atoms with E-state index in [2.05, 4.69) is 26.8 Å². The summed E-state index contributed by atoms with van der Waals surface area (Å²) in [6.45, 7) is 8.41. The first kappa shape index (κ1) is 10.2. The van der Waals surface area contributed by atoms with Crippen molar-refractivity contribution in [3.05, 3.63) is 40.5 Å². The minimum absolute atomic E-state index is 0.0900. The van der Waals surface area contributed by atoms with Crippen LogP contribution in [0.3, 0.4) is 0 Å². The van der Waals surface area contributed by atoms with Gasteiger partial charge in [-0.15, -0.1) is 0 Å². The van der Waals surface area contributed by atoms with Crippen LogP contribution in [-0.2, 0) is 5.41 Å². The molecule has 0 saturated carbocycles. The second kappa shape index (κ2) is 3.06. The van der Waals surface area contributed by atoms with Gasteiger partial charge in [-0.2, -0.15) is 0 Å². The van der Waals surface area contributed by atoms with Gasteiger partial charge in [0.15, 0.2) is 5.78 Å². The van der Waals surface area contributed by atoms with E-state index in [0.29, 0.717) is 0 Å². The Balaban J connectivity index is 2.68. The summed E-state index contributed by atoms with van der Waals surface area (Å²) < 4.78 is 0. The van der Waals surface area contributed by atoms with Gasteiger partial charge in [-0.25, -0.2) is 0 Å². The zero-order chi connectivity index (χ0) is 11.2. The monoisotopic (exact) mass is 200 g/mol. The van der Waals surface area contributed by atoms with Crippen LogP contribution in [0.1, 0.15) is 49.2 Å². The van der Waals surface area contributed by atoms with Crippen LogP contribution in [0, 0.1) is 0 Å². The number of ketones is 1. The number of hydrogen-bond donors (Lipinski definition) is 0. The van der Waals surface area contributed by atoms with Gasteiger partial charge in [0.25, 0.3) is 0 Å². The highest BCUT2D eigenvalue weighted by atomic mass is 16.1. The van der Waals surface area contributed by atoms with E-state index < -0.39 is 0 Å². The van der Waals surface area contributed by atoms with Crippen molar-refractivity contribution in [1.29, 1.82) is 0 Å². The van der Waals surface area contributed by atoms with Gasteiger partial charge < -0.3 is 0 Å². The average molecular weight is 200 g/mol. The van der Waals surface area contributed by atoms with Gasteiger partial charge in [-0.3, -0.25) is 4.79 Å². The molecule has 15 heavy (non-hydrogen) atoms. The second-order valence-corrected chi connectivity index (χ2v) is 5.17. The molecule has 0 fully saturated rings. The molecule has 1 aliphatic rings. The highest BCUT2D eigenvalue weighted by Gasteiger charge is 2.25. The molecule has 0 aromatic heterocycles. The molecule has 0 saturated heterocycles. The molecule has 1 aliphatic carbocycles. The summed E-state index contributed by atoms with van der Waals surface area (Å²) in [5, 5.41) is 0. The van der Waals surface area contributed by atoms with Crippen LogP contribution in [-0.4, -0.2) is 5.78 Å². The van der Waals surface area contributed by atoms with E-state index in [1.165, 1.54) is 5.56 Å². The topological polar surface area (TPSA) is 17.1 Å². The normalized spacial score (nSPS) is 15.2. The largest absolute Gasteiger partial charge is 0.289 e. The Morgan fingerprint density at radius 2 is 1.80 bits per heavy atom. The first-order chi connectivity index (χ1) is 6.91. The second-order valence-electron chi connectivity index (χ2n) is 5.17. The zero-order valence-electron chi connectivity index (χ0n) is 9.72. The smallest absolute Gasteiger partial charge is 0.189 e. The van der Waals surface area contributed by atoms with Crippen molar-refractivity contribution in [2.75, 3.05) is 0 Å². The van der Waals surface area contributed by atoms with Crippen LogP contribution in [0.5, 0.6) is 0 Å². The van der Waals surface area contributed by atoms with E-state index in [1.54, 1.807) is 0 Å². The first-order valence-corrected chi connectivity index (χ1v) is 5.28. The number of carbonyl (C=O) groups excluding carboxylic acids is 1. The number of hydrogen-bond acceptors (Lipinski definition) is 1. The van der Waals surface area contributed by atoms with Crippen LogP contribution in [0.2, 0.25) is 0 Å². The molecule has 78 valence electrons. The Morgan fingerprint density at radius 3 is 2.40 bits per heavy atom. The third kappa shape index (κ3) is 1.52. The molecule has 2 rings (SSSR count). The van der Waals surface area contributed by atoms with E-state index >= 15 is 0 Å². The number of rotatable bonds is 0. The van der Waals surface area contributed by atoms with Crippen molar-refractivity contribution in [1.82, 2.24) is 0 Å². The molecule has 1 heteroatoms. The molecule has 1 nitrogen and oxygen atoms in total. The maximum Gasteiger partial charge on any atom is 0.189 e. The maximum absolute atomic E-state index is 11.8. The summed E-state index contributed by atoms with van der Waals surface area (Å²) in [6.07, 6.45) is 2.01. The summed E-state index contributed by atoms with van der Waals surface area (Å²) >= 11 is 0. The molecule has 0 N–H and O–H groups in total. The first-order valence-electron chi connectivity index (χ1n) is 5.28. The predicted molar refractivity (Wildman–Crippen MR) is 63.1 cm³/mol. The third-order valence-electron chi connectivity index (χ3n) is 2.88. The molecule has 0 bridgehead atoms. The zero-order valence-corrected chi connectivity index (χ0v) is 9.72. The van der Waals surface area contributed by atoms with Crippen molar-refractivity contribution < 1.29 is 4.79 Å². The van der Waals surface area contributed by atoms with Crippen LogP contribution < -0.4 is 0 Å². The minimum Gasteiger partial charge on any atom is -0.289 e. The van der Waals surface area contributed by atoms with E-state index in [0.717, 1.165) is 16.7 Å². The van der Waals surface area contributed by atoms with Gasteiger partial charge in [0.1, 0.15) is 0 Å². The quantitative estimate of drug-likeness (QED) is 0.625. The highest BCUT2D eigenvalue weighted by Crippen LogP contribution is 2.34. The van der Waals surface area contributed by atoms with Crippen molar-refractivity contribution in [3.8, 4) is 0 Å². The van der Waals surface area contributed by atoms with Gasteiger partial charge >= 0.3 is 0 Å². The lowest BCUT2D eigenvalue weighted by Crippen LogP contribution is -2.13. The van der Waals surface area contributed by atoms with Crippen molar-refractivity contribution >= 4 is 11.9 Å². The fourth-order valence-corrected chi connectivity index (χ4v) is 2.07. The minimum atomic E-state index is 0.0900. The van der Waals surface area contributed by atoms with E-state index in [9.17, 15) is 4.79 Å². The fraction of sp³-hybridized carbons (Fsp3) is 0.357. The van der Waals surface area contributed by atoms with Crippen molar-refractivity contribution in [3.63, 3.8) is 0 Å². The van der Waals surface area contributed by atoms with Gasteiger partial charge in [0.05, 0.1) is 0 Å². The Bertz CT molecular complexity index is 459. The molecule has 0 radical (unpaired) electrons. The van der Waals surface area contributed by atoms with Gasteiger partial charge in [0.2, 0.25) is 0 Å². The molecule has 1 aromatic carbocycles. The standard InChI is InChI=1S/C14H16O/c1-9-8-11-10(13(9)15)6-5-7-12(11)14(2,3)4/h5-8H,1-4H3. The van der Waals surface area contributed by atoms with Crippen LogP contribution in [0.25, 0.3) is 6.08 Å². The Labute approximate surface area is 90.8 Å². The van der Waals surface area contributed by atoms with Gasteiger partial charge in [0, 0.05) is 5.56 Å². The molecule has 0 heterocycles. The van der Waals surface area contributed by atoms with Crippen LogP contribution in [0.4, 0.5) is 0 Å². The van der Waals surface area contributed by atoms with Gasteiger partial charge in [-0.05, 0) is 35.1 Å². The molecular weight excluding hydrogens is 184 g/mol. The number of allylic oxidation sites excluding steroid dienone is 1. The molecule has 0 aliphatic heterocycles. The van der Waals surface area contributed by atoms with E-state index in [-0.39, 0.29) is 11.2 Å². The number of Topliss-reactive ketones (excluding diaryl/α,β-unsaturated/α-hetero) is 1. The Kier molecular flexibility index (Phi) is 2.07. The summed E-state index contributed by atoms with van der Waals surface area (Å²) in [6, 6.07) is 6.00. The molecule has 0 atom stereocenters. The summed E-state index contributed by atoms with van der Waals surface area (Å²) in [5.74, 6) is 0.177. The Morgan fingerprint density at radius 1 is 1.13 bits per heavy atom. The predicted octanol–water partition coefficient (Wildman–Crippen LogP) is 3.58.